The fourth-order valence-electron chi connectivity index (χ4n) is 10.8. The number of anilines is 3. The third-order valence-electron chi connectivity index (χ3n) is 13.9. The summed E-state index contributed by atoms with van der Waals surface area (Å²) in [6.45, 7) is 4.75. The van der Waals surface area contributed by atoms with Crippen molar-refractivity contribution in [3.05, 3.63) is 260 Å². The van der Waals surface area contributed by atoms with Gasteiger partial charge in [-0.15, -0.1) is 0 Å². The van der Waals surface area contributed by atoms with Crippen LogP contribution in [0.3, 0.4) is 0 Å². The first-order valence-corrected chi connectivity index (χ1v) is 23.0. The van der Waals surface area contributed by atoms with Crippen molar-refractivity contribution in [3.8, 4) is 66.8 Å². The summed E-state index contributed by atoms with van der Waals surface area (Å²) in [5, 5.41) is 5.06. The molecule has 0 radical (unpaired) electrons. The summed E-state index contributed by atoms with van der Waals surface area (Å²) in [5.41, 5.74) is 20.6. The number of rotatable bonds is 8. The maximum Gasteiger partial charge on any atom is 0.0540 e. The zero-order valence-electron chi connectivity index (χ0n) is 37.1. The second-order valence-electron chi connectivity index (χ2n) is 18.0. The van der Waals surface area contributed by atoms with E-state index in [0.717, 1.165) is 22.6 Å². The molecule has 0 bridgehead atoms. The van der Waals surface area contributed by atoms with Crippen molar-refractivity contribution < 1.29 is 0 Å². The van der Waals surface area contributed by atoms with Crippen LogP contribution in [0.4, 0.5) is 17.1 Å². The Morgan fingerprint density at radius 1 is 0.288 bits per heavy atom. The van der Waals surface area contributed by atoms with E-state index in [1.165, 1.54) is 93.9 Å². The molecule has 0 aliphatic heterocycles. The van der Waals surface area contributed by atoms with Crippen molar-refractivity contribution in [2.45, 2.75) is 19.3 Å². The summed E-state index contributed by atoms with van der Waals surface area (Å²) in [5.74, 6) is 0. The van der Waals surface area contributed by atoms with Crippen LogP contribution in [0.1, 0.15) is 25.0 Å². The van der Waals surface area contributed by atoms with Gasteiger partial charge in [0.2, 0.25) is 0 Å². The van der Waals surface area contributed by atoms with Gasteiger partial charge < -0.3 is 4.90 Å². The summed E-state index contributed by atoms with van der Waals surface area (Å²) in [6, 6.07) is 91.4. The predicted octanol–water partition coefficient (Wildman–Crippen LogP) is 18.1. The van der Waals surface area contributed by atoms with Crippen molar-refractivity contribution in [1.82, 2.24) is 0 Å². The topological polar surface area (TPSA) is 3.24 Å². The summed E-state index contributed by atoms with van der Waals surface area (Å²) in [4.78, 5) is 2.46. The Kier molecular flexibility index (Phi) is 9.58. The fraction of sp³-hybridized carbons (Fsp3) is 0.0462. The van der Waals surface area contributed by atoms with Crippen LogP contribution in [0, 0.1) is 0 Å². The SMILES string of the molecule is CC1(C)c2ccccc2-c2cccc(-c3cccc(N(c4ccc(-c5cccc6c5ccc5ccccc56)cc4)c4ccccc4-c4ccccc4-c4ccccc4-c4ccccc4)c3)c21. The lowest BCUT2D eigenvalue weighted by atomic mass is 9.79. The molecule has 11 aromatic rings. The lowest BCUT2D eigenvalue weighted by Gasteiger charge is -2.29. The minimum absolute atomic E-state index is 0.145. The van der Waals surface area contributed by atoms with E-state index in [-0.39, 0.29) is 5.41 Å². The Bertz CT molecular complexity index is 3620. The number of benzene rings is 11. The van der Waals surface area contributed by atoms with E-state index >= 15 is 0 Å². The number of hydrogen-bond donors (Lipinski definition) is 0. The first kappa shape index (κ1) is 39.3. The van der Waals surface area contributed by atoms with Gasteiger partial charge in [-0.05, 0) is 124 Å². The molecule has 0 saturated carbocycles. The van der Waals surface area contributed by atoms with Crippen LogP contribution in [0.5, 0.6) is 0 Å². The van der Waals surface area contributed by atoms with Gasteiger partial charge in [-0.2, -0.15) is 0 Å². The van der Waals surface area contributed by atoms with E-state index < -0.39 is 0 Å². The maximum atomic E-state index is 2.46. The smallest absolute Gasteiger partial charge is 0.0540 e. The van der Waals surface area contributed by atoms with Crippen LogP contribution in [0.25, 0.3) is 88.3 Å². The second-order valence-corrected chi connectivity index (χ2v) is 18.0. The zero-order valence-corrected chi connectivity index (χ0v) is 37.1. The number of nitrogens with zero attached hydrogens (tertiary/aromatic N) is 1. The highest BCUT2D eigenvalue weighted by Crippen LogP contribution is 2.53. The molecule has 1 aliphatic rings. The molecule has 0 amide bonds. The number of para-hydroxylation sites is 1. The largest absolute Gasteiger partial charge is 0.310 e. The van der Waals surface area contributed by atoms with Crippen molar-refractivity contribution in [2.75, 3.05) is 4.90 Å². The lowest BCUT2D eigenvalue weighted by Crippen LogP contribution is -2.16. The monoisotopic (exact) mass is 841 g/mol. The van der Waals surface area contributed by atoms with E-state index in [2.05, 4.69) is 267 Å². The Labute approximate surface area is 387 Å². The molecule has 12 rings (SSSR count). The molecule has 11 aromatic carbocycles. The average molecular weight is 842 g/mol. The number of hydrogen-bond acceptors (Lipinski definition) is 1. The van der Waals surface area contributed by atoms with Crippen LogP contribution in [-0.2, 0) is 5.41 Å². The highest BCUT2D eigenvalue weighted by atomic mass is 15.1. The molecule has 0 heterocycles. The van der Waals surface area contributed by atoms with Gasteiger partial charge >= 0.3 is 0 Å². The number of fused-ring (bicyclic) bond motifs is 6. The van der Waals surface area contributed by atoms with Crippen molar-refractivity contribution in [1.29, 1.82) is 0 Å². The summed E-state index contributed by atoms with van der Waals surface area (Å²) >= 11 is 0. The Morgan fingerprint density at radius 3 is 1.62 bits per heavy atom. The van der Waals surface area contributed by atoms with Gasteiger partial charge in [0.05, 0.1) is 5.69 Å². The van der Waals surface area contributed by atoms with Crippen LogP contribution >= 0.6 is 0 Å². The molecule has 1 nitrogen and oxygen atoms in total. The summed E-state index contributed by atoms with van der Waals surface area (Å²) in [7, 11) is 0. The highest BCUT2D eigenvalue weighted by Gasteiger charge is 2.37. The van der Waals surface area contributed by atoms with E-state index in [9.17, 15) is 0 Å². The highest BCUT2D eigenvalue weighted by molar-refractivity contribution is 6.12. The minimum atomic E-state index is -0.145. The second kappa shape index (κ2) is 16.1. The molecule has 0 atom stereocenters. The van der Waals surface area contributed by atoms with Crippen LogP contribution in [0.2, 0.25) is 0 Å². The predicted molar refractivity (Wildman–Crippen MR) is 281 cm³/mol. The lowest BCUT2D eigenvalue weighted by molar-refractivity contribution is 0.662. The molecule has 1 heteroatoms. The Morgan fingerprint density at radius 2 is 0.818 bits per heavy atom. The normalized spacial score (nSPS) is 12.5. The third kappa shape index (κ3) is 6.55. The molecule has 0 unspecified atom stereocenters. The first-order chi connectivity index (χ1) is 32.5. The van der Waals surface area contributed by atoms with Gasteiger partial charge in [-0.1, -0.05) is 232 Å². The molecule has 0 aromatic heterocycles. The molecule has 312 valence electrons. The summed E-state index contributed by atoms with van der Waals surface area (Å²) < 4.78 is 0. The van der Waals surface area contributed by atoms with Gasteiger partial charge in [0.25, 0.3) is 0 Å². The van der Waals surface area contributed by atoms with Crippen LogP contribution < -0.4 is 4.90 Å². The molecular weight excluding hydrogens is 795 g/mol. The van der Waals surface area contributed by atoms with E-state index in [1.54, 1.807) is 0 Å². The van der Waals surface area contributed by atoms with E-state index in [1.807, 2.05) is 0 Å². The van der Waals surface area contributed by atoms with Crippen LogP contribution in [0.15, 0.2) is 249 Å². The molecule has 0 spiro atoms. The molecule has 0 saturated heterocycles. The average Bonchev–Trinajstić information content (AvgIpc) is 3.62. The molecule has 66 heavy (non-hydrogen) atoms. The molecular formula is C65H47N. The van der Waals surface area contributed by atoms with Gasteiger partial charge in [0.1, 0.15) is 0 Å². The van der Waals surface area contributed by atoms with Gasteiger partial charge in [-0.3, -0.25) is 0 Å². The quantitative estimate of drug-likeness (QED) is 0.138. The maximum absolute atomic E-state index is 2.46. The van der Waals surface area contributed by atoms with E-state index in [4.69, 9.17) is 0 Å². The van der Waals surface area contributed by atoms with Gasteiger partial charge in [0.15, 0.2) is 0 Å². The van der Waals surface area contributed by atoms with Crippen molar-refractivity contribution in [2.24, 2.45) is 0 Å². The fourth-order valence-corrected chi connectivity index (χ4v) is 10.8. The molecule has 0 fully saturated rings. The summed E-state index contributed by atoms with van der Waals surface area (Å²) in [6.07, 6.45) is 0. The van der Waals surface area contributed by atoms with Gasteiger partial charge in [-0.25, -0.2) is 0 Å². The third-order valence-corrected chi connectivity index (χ3v) is 13.9. The first-order valence-electron chi connectivity index (χ1n) is 23.0. The van der Waals surface area contributed by atoms with Crippen molar-refractivity contribution in [3.63, 3.8) is 0 Å². The van der Waals surface area contributed by atoms with Gasteiger partial charge in [0, 0.05) is 22.4 Å². The molecule has 1 aliphatic carbocycles. The Hall–Kier alpha value is -8.26. The van der Waals surface area contributed by atoms with Crippen molar-refractivity contribution >= 4 is 38.6 Å². The zero-order chi connectivity index (χ0) is 44.2. The standard InChI is InChI=1S/C65H47N/c1-65(2)62-35-14-12-29-59(62)61-34-18-32-53(64(61)65)47-22-16-23-49(43-47)66(48-40-37-46(38-41-48)52-31-17-33-55-51-24-7-6-21-45(51)39-42-58(52)55)63-36-15-13-30-60(63)57-28-11-10-27-56(57)54-26-9-8-25-50(54)44-19-4-3-5-20-44/h3-43H,1-2H3. The van der Waals surface area contributed by atoms with Crippen LogP contribution in [-0.4, -0.2) is 0 Å². The minimum Gasteiger partial charge on any atom is -0.310 e. The molecule has 0 N–H and O–H groups in total. The Balaban J connectivity index is 1.04. The van der Waals surface area contributed by atoms with E-state index in [0.29, 0.717) is 0 Å².